The highest BCUT2D eigenvalue weighted by atomic mass is 79.9. The van der Waals surface area contributed by atoms with E-state index in [1.807, 2.05) is 0 Å². The lowest BCUT2D eigenvalue weighted by molar-refractivity contribution is -0.385. The Morgan fingerprint density at radius 3 is 2.64 bits per heavy atom. The van der Waals surface area contributed by atoms with Crippen LogP contribution in [0.3, 0.4) is 0 Å². The minimum Gasteiger partial charge on any atom is -0.479 e. The molecule has 3 rings (SSSR count). The van der Waals surface area contributed by atoms with Crippen LogP contribution in [0, 0.1) is 10.1 Å². The molecule has 0 N–H and O–H groups in total. The van der Waals surface area contributed by atoms with Gasteiger partial charge in [-0.2, -0.15) is 0 Å². The van der Waals surface area contributed by atoms with E-state index in [2.05, 4.69) is 15.9 Å². The molecular formula is C20H13BrClNO5. The van der Waals surface area contributed by atoms with Gasteiger partial charge in [0.1, 0.15) is 18.1 Å². The number of nitrogens with zero attached hydrogens (tertiary/aromatic N) is 1. The summed E-state index contributed by atoms with van der Waals surface area (Å²) >= 11 is 9.10. The van der Waals surface area contributed by atoms with Crippen molar-refractivity contribution in [1.82, 2.24) is 0 Å². The number of furan rings is 1. The van der Waals surface area contributed by atoms with Crippen LogP contribution in [0.15, 0.2) is 69.6 Å². The highest BCUT2D eigenvalue weighted by Gasteiger charge is 2.16. The molecule has 0 atom stereocenters. The minimum atomic E-state index is -0.564. The van der Waals surface area contributed by atoms with Gasteiger partial charge in [0, 0.05) is 21.1 Å². The Balaban J connectivity index is 1.64. The van der Waals surface area contributed by atoms with Crippen LogP contribution in [0.25, 0.3) is 6.08 Å². The maximum atomic E-state index is 12.1. The number of nitro benzene ring substituents is 1. The quantitative estimate of drug-likeness (QED) is 0.184. The Bertz CT molecular complexity index is 1040. The molecule has 0 bridgehead atoms. The van der Waals surface area contributed by atoms with Crippen LogP contribution >= 0.6 is 27.5 Å². The van der Waals surface area contributed by atoms with E-state index in [9.17, 15) is 14.9 Å². The Labute approximate surface area is 173 Å². The van der Waals surface area contributed by atoms with Crippen LogP contribution in [0.5, 0.6) is 5.75 Å². The number of benzene rings is 2. The van der Waals surface area contributed by atoms with Crippen molar-refractivity contribution in [1.29, 1.82) is 0 Å². The molecule has 0 unspecified atom stereocenters. The summed E-state index contributed by atoms with van der Waals surface area (Å²) in [4.78, 5) is 22.6. The SMILES string of the molecule is O=C(/C=C/c1ccc(COc2ccc(Cl)cc2[N+](=O)[O-])o1)c1ccc(Br)cc1. The van der Waals surface area contributed by atoms with Gasteiger partial charge in [-0.05, 0) is 60.7 Å². The van der Waals surface area contributed by atoms with Crippen LogP contribution < -0.4 is 4.74 Å². The van der Waals surface area contributed by atoms with Crippen molar-refractivity contribution < 1.29 is 18.9 Å². The number of nitro groups is 1. The summed E-state index contributed by atoms with van der Waals surface area (Å²) in [6.45, 7) is -0.00301. The predicted molar refractivity (Wildman–Crippen MR) is 109 cm³/mol. The highest BCUT2D eigenvalue weighted by molar-refractivity contribution is 9.10. The van der Waals surface area contributed by atoms with Gasteiger partial charge >= 0.3 is 5.69 Å². The summed E-state index contributed by atoms with van der Waals surface area (Å²) in [5.74, 6) is 0.862. The molecule has 2 aromatic carbocycles. The molecule has 0 saturated carbocycles. The maximum Gasteiger partial charge on any atom is 0.312 e. The topological polar surface area (TPSA) is 82.6 Å². The van der Waals surface area contributed by atoms with E-state index in [1.165, 1.54) is 24.3 Å². The van der Waals surface area contributed by atoms with Crippen molar-refractivity contribution in [3.05, 3.63) is 97.4 Å². The van der Waals surface area contributed by atoms with Crippen molar-refractivity contribution in [2.75, 3.05) is 0 Å². The molecule has 8 heteroatoms. The molecule has 0 amide bonds. The monoisotopic (exact) mass is 461 g/mol. The second kappa shape index (κ2) is 8.86. The fourth-order valence-corrected chi connectivity index (χ4v) is 2.76. The Morgan fingerprint density at radius 2 is 1.93 bits per heavy atom. The third-order valence-electron chi connectivity index (χ3n) is 3.70. The second-order valence-corrected chi connectivity index (χ2v) is 7.02. The van der Waals surface area contributed by atoms with Gasteiger partial charge in [-0.15, -0.1) is 0 Å². The lowest BCUT2D eigenvalue weighted by atomic mass is 10.1. The average molecular weight is 463 g/mol. The first-order valence-electron chi connectivity index (χ1n) is 8.06. The number of carbonyl (C=O) groups excluding carboxylic acids is 1. The molecule has 142 valence electrons. The van der Waals surface area contributed by atoms with Crippen LogP contribution in [-0.2, 0) is 6.61 Å². The highest BCUT2D eigenvalue weighted by Crippen LogP contribution is 2.30. The zero-order valence-corrected chi connectivity index (χ0v) is 16.6. The fraction of sp³-hybridized carbons (Fsp3) is 0.0500. The fourth-order valence-electron chi connectivity index (χ4n) is 2.33. The Morgan fingerprint density at radius 1 is 1.18 bits per heavy atom. The summed E-state index contributed by atoms with van der Waals surface area (Å²) in [6, 6.07) is 14.5. The summed E-state index contributed by atoms with van der Waals surface area (Å²) in [5.41, 5.74) is 0.337. The van der Waals surface area contributed by atoms with E-state index in [1.54, 1.807) is 42.5 Å². The summed E-state index contributed by atoms with van der Waals surface area (Å²) in [5, 5.41) is 11.3. The van der Waals surface area contributed by atoms with Gasteiger partial charge in [-0.25, -0.2) is 0 Å². The molecule has 6 nitrogen and oxygen atoms in total. The maximum absolute atomic E-state index is 12.1. The first-order chi connectivity index (χ1) is 13.4. The van der Waals surface area contributed by atoms with E-state index in [4.69, 9.17) is 20.8 Å². The standard InChI is InChI=1S/C20H13BrClNO5/c21-14-3-1-13(2-4-14)19(24)9-8-16-6-7-17(28-16)12-27-20-10-5-15(22)11-18(20)23(25)26/h1-11H,12H2/b9-8+. The van der Waals surface area contributed by atoms with Crippen molar-refractivity contribution in [2.24, 2.45) is 0 Å². The number of ketones is 1. The summed E-state index contributed by atoms with van der Waals surface area (Å²) in [7, 11) is 0. The van der Waals surface area contributed by atoms with E-state index in [0.29, 0.717) is 17.1 Å². The van der Waals surface area contributed by atoms with Gasteiger partial charge in [0.25, 0.3) is 0 Å². The Hall–Kier alpha value is -2.90. The number of carbonyl (C=O) groups is 1. The van der Waals surface area contributed by atoms with Gasteiger partial charge in [0.15, 0.2) is 11.5 Å². The molecule has 1 heterocycles. The molecule has 3 aromatic rings. The molecule has 0 saturated heterocycles. The van der Waals surface area contributed by atoms with E-state index in [-0.39, 0.29) is 28.8 Å². The van der Waals surface area contributed by atoms with E-state index < -0.39 is 4.92 Å². The molecule has 0 aliphatic rings. The van der Waals surface area contributed by atoms with Crippen molar-refractivity contribution >= 4 is 45.1 Å². The molecule has 1 aromatic heterocycles. The largest absolute Gasteiger partial charge is 0.479 e. The number of allylic oxidation sites excluding steroid dienone is 1. The van der Waals surface area contributed by atoms with Crippen molar-refractivity contribution in [3.8, 4) is 5.75 Å². The smallest absolute Gasteiger partial charge is 0.312 e. The zero-order valence-electron chi connectivity index (χ0n) is 14.3. The Kier molecular flexibility index (Phi) is 6.28. The van der Waals surface area contributed by atoms with Crippen molar-refractivity contribution in [3.63, 3.8) is 0 Å². The molecule has 0 aliphatic carbocycles. The average Bonchev–Trinajstić information content (AvgIpc) is 3.13. The van der Waals surface area contributed by atoms with Gasteiger partial charge in [0.2, 0.25) is 0 Å². The zero-order chi connectivity index (χ0) is 20.1. The predicted octanol–water partition coefficient (Wildman–Crippen LogP) is 6.08. The number of halogens is 2. The van der Waals surface area contributed by atoms with Crippen LogP contribution in [-0.4, -0.2) is 10.7 Å². The lowest BCUT2D eigenvalue weighted by Crippen LogP contribution is -1.98. The number of rotatable bonds is 7. The van der Waals surface area contributed by atoms with Gasteiger partial charge in [-0.1, -0.05) is 27.5 Å². The van der Waals surface area contributed by atoms with E-state index in [0.717, 1.165) is 4.47 Å². The summed E-state index contributed by atoms with van der Waals surface area (Å²) in [6.07, 6.45) is 2.97. The molecular weight excluding hydrogens is 450 g/mol. The van der Waals surface area contributed by atoms with Crippen LogP contribution in [0.2, 0.25) is 5.02 Å². The molecule has 0 aliphatic heterocycles. The summed E-state index contributed by atoms with van der Waals surface area (Å²) < 4.78 is 11.9. The first-order valence-corrected chi connectivity index (χ1v) is 9.23. The lowest BCUT2D eigenvalue weighted by Gasteiger charge is -2.05. The van der Waals surface area contributed by atoms with Crippen LogP contribution in [0.1, 0.15) is 21.9 Å². The number of hydrogen-bond acceptors (Lipinski definition) is 5. The number of hydrogen-bond donors (Lipinski definition) is 0. The van der Waals surface area contributed by atoms with Gasteiger partial charge < -0.3 is 9.15 Å². The van der Waals surface area contributed by atoms with Gasteiger partial charge in [-0.3, -0.25) is 14.9 Å². The molecule has 0 spiro atoms. The minimum absolute atomic E-state index is 0.00301. The second-order valence-electron chi connectivity index (χ2n) is 5.67. The molecule has 0 radical (unpaired) electrons. The van der Waals surface area contributed by atoms with E-state index >= 15 is 0 Å². The normalized spacial score (nSPS) is 10.9. The molecule has 0 fully saturated rings. The first kappa shape index (κ1) is 19.9. The third-order valence-corrected chi connectivity index (χ3v) is 4.46. The van der Waals surface area contributed by atoms with Crippen LogP contribution in [0.4, 0.5) is 5.69 Å². The molecule has 28 heavy (non-hydrogen) atoms. The van der Waals surface area contributed by atoms with Gasteiger partial charge in [0.05, 0.1) is 4.92 Å². The van der Waals surface area contributed by atoms with Crippen molar-refractivity contribution in [2.45, 2.75) is 6.61 Å². The third kappa shape index (κ3) is 5.09. The number of ether oxygens (including phenoxy) is 1.